The molecule has 1 aromatic heterocycles. The van der Waals surface area contributed by atoms with Crippen molar-refractivity contribution in [3.63, 3.8) is 0 Å². The minimum atomic E-state index is -0.110. The van der Waals surface area contributed by atoms with Gasteiger partial charge in [0.25, 0.3) is 0 Å². The summed E-state index contributed by atoms with van der Waals surface area (Å²) in [6.07, 6.45) is 0. The van der Waals surface area contributed by atoms with Gasteiger partial charge in [-0.2, -0.15) is 0 Å². The lowest BCUT2D eigenvalue weighted by atomic mass is 10.1. The van der Waals surface area contributed by atoms with Crippen molar-refractivity contribution in [1.82, 2.24) is 20.1 Å². The molecule has 0 atom stereocenters. The maximum atomic E-state index is 11.3. The molecular weight excluding hydrogens is 380 g/mol. The number of rotatable bonds is 6. The van der Waals surface area contributed by atoms with Crippen molar-refractivity contribution in [2.75, 3.05) is 0 Å². The lowest BCUT2D eigenvalue weighted by Crippen LogP contribution is -2.21. The van der Waals surface area contributed by atoms with Crippen LogP contribution in [0.1, 0.15) is 29.4 Å². The number of hydrogen-bond donors (Lipinski definition) is 1. The molecule has 1 heterocycles. The number of thioether (sulfide) groups is 1. The molecule has 5 nitrogen and oxygen atoms in total. The molecule has 0 fully saturated rings. The largest absolute Gasteiger partial charge is 0.349 e. The van der Waals surface area contributed by atoms with Crippen LogP contribution in [-0.2, 0) is 17.1 Å². The highest BCUT2D eigenvalue weighted by molar-refractivity contribution is 7.98. The van der Waals surface area contributed by atoms with Gasteiger partial charge >= 0.3 is 0 Å². The van der Waals surface area contributed by atoms with Crippen LogP contribution in [0.25, 0.3) is 5.69 Å². The second-order valence-electron chi connectivity index (χ2n) is 6.29. The van der Waals surface area contributed by atoms with Gasteiger partial charge in [-0.05, 0) is 42.7 Å². The van der Waals surface area contributed by atoms with Gasteiger partial charge in [0.1, 0.15) is 0 Å². The standard InChI is InChI=1S/C20H21ClN4OS/c1-13-6-4-5-7-16(13)12-27-20-24-23-19(11-22-15(3)26)25(20)18-10-17(21)9-8-14(18)2/h4-10H,11-12H2,1-3H3,(H,22,26). The summed E-state index contributed by atoms with van der Waals surface area (Å²) in [7, 11) is 0. The fourth-order valence-corrected chi connectivity index (χ4v) is 3.90. The highest BCUT2D eigenvalue weighted by Gasteiger charge is 2.17. The summed E-state index contributed by atoms with van der Waals surface area (Å²) in [5, 5.41) is 12.9. The molecule has 0 aliphatic heterocycles. The number of amides is 1. The predicted molar refractivity (Wildman–Crippen MR) is 109 cm³/mol. The lowest BCUT2D eigenvalue weighted by Gasteiger charge is -2.14. The second kappa shape index (κ2) is 8.59. The Morgan fingerprint density at radius 3 is 2.67 bits per heavy atom. The van der Waals surface area contributed by atoms with Crippen LogP contribution < -0.4 is 5.32 Å². The first kappa shape index (κ1) is 19.5. The number of halogens is 1. The number of nitrogens with zero attached hydrogens (tertiary/aromatic N) is 3. The monoisotopic (exact) mass is 400 g/mol. The maximum Gasteiger partial charge on any atom is 0.217 e. The van der Waals surface area contributed by atoms with Crippen molar-refractivity contribution in [3.05, 3.63) is 70.0 Å². The zero-order chi connectivity index (χ0) is 19.4. The molecule has 1 amide bonds. The summed E-state index contributed by atoms with van der Waals surface area (Å²) in [6, 6.07) is 14.0. The molecule has 0 aliphatic rings. The van der Waals surface area contributed by atoms with Crippen molar-refractivity contribution in [2.24, 2.45) is 0 Å². The highest BCUT2D eigenvalue weighted by atomic mass is 35.5. The molecule has 3 aromatic rings. The predicted octanol–water partition coefficient (Wildman–Crippen LogP) is 4.47. The number of carbonyl (C=O) groups is 1. The topological polar surface area (TPSA) is 59.8 Å². The van der Waals surface area contributed by atoms with E-state index in [1.54, 1.807) is 11.8 Å². The summed E-state index contributed by atoms with van der Waals surface area (Å²) >= 11 is 7.84. The van der Waals surface area contributed by atoms with Gasteiger partial charge in [-0.25, -0.2) is 0 Å². The van der Waals surface area contributed by atoms with E-state index in [2.05, 4.69) is 34.6 Å². The van der Waals surface area contributed by atoms with Crippen molar-refractivity contribution in [1.29, 1.82) is 0 Å². The Balaban J connectivity index is 1.97. The van der Waals surface area contributed by atoms with E-state index in [1.165, 1.54) is 18.1 Å². The van der Waals surface area contributed by atoms with Crippen LogP contribution in [0, 0.1) is 13.8 Å². The van der Waals surface area contributed by atoms with E-state index < -0.39 is 0 Å². The Kier molecular flexibility index (Phi) is 6.19. The number of aromatic nitrogens is 3. The van der Waals surface area contributed by atoms with Crippen LogP contribution in [0.3, 0.4) is 0 Å². The van der Waals surface area contributed by atoms with E-state index >= 15 is 0 Å². The SMILES string of the molecule is CC(=O)NCc1nnc(SCc2ccccc2C)n1-c1cc(Cl)ccc1C. The van der Waals surface area contributed by atoms with Gasteiger partial charge < -0.3 is 5.32 Å². The molecule has 0 aliphatic carbocycles. The summed E-state index contributed by atoms with van der Waals surface area (Å²) < 4.78 is 1.97. The van der Waals surface area contributed by atoms with E-state index in [0.29, 0.717) is 17.4 Å². The molecule has 140 valence electrons. The molecular formula is C20H21ClN4OS. The Labute approximate surface area is 168 Å². The first-order chi connectivity index (χ1) is 13.0. The zero-order valence-electron chi connectivity index (χ0n) is 15.5. The zero-order valence-corrected chi connectivity index (χ0v) is 17.1. The molecule has 0 bridgehead atoms. The average Bonchev–Trinajstić information content (AvgIpc) is 3.04. The summed E-state index contributed by atoms with van der Waals surface area (Å²) in [4.78, 5) is 11.3. The maximum absolute atomic E-state index is 11.3. The van der Waals surface area contributed by atoms with Crippen LogP contribution in [0.2, 0.25) is 5.02 Å². The van der Waals surface area contributed by atoms with E-state index in [0.717, 1.165) is 22.2 Å². The summed E-state index contributed by atoms with van der Waals surface area (Å²) in [5.41, 5.74) is 4.47. The fourth-order valence-electron chi connectivity index (χ4n) is 2.69. The van der Waals surface area contributed by atoms with Crippen molar-refractivity contribution >= 4 is 29.3 Å². The highest BCUT2D eigenvalue weighted by Crippen LogP contribution is 2.29. The molecule has 2 aromatic carbocycles. The summed E-state index contributed by atoms with van der Waals surface area (Å²) in [6.45, 7) is 5.91. The quantitative estimate of drug-likeness (QED) is 0.620. The molecule has 7 heteroatoms. The molecule has 0 saturated heterocycles. The Morgan fingerprint density at radius 2 is 1.93 bits per heavy atom. The number of carbonyl (C=O) groups excluding carboxylic acids is 1. The van der Waals surface area contributed by atoms with Crippen LogP contribution in [0.4, 0.5) is 0 Å². The molecule has 27 heavy (non-hydrogen) atoms. The van der Waals surface area contributed by atoms with Crippen LogP contribution in [-0.4, -0.2) is 20.7 Å². The smallest absolute Gasteiger partial charge is 0.217 e. The van der Waals surface area contributed by atoms with E-state index in [9.17, 15) is 4.79 Å². The minimum absolute atomic E-state index is 0.110. The number of hydrogen-bond acceptors (Lipinski definition) is 4. The van der Waals surface area contributed by atoms with Gasteiger partial charge in [0.2, 0.25) is 5.91 Å². The molecule has 3 rings (SSSR count). The number of aryl methyl sites for hydroxylation is 2. The first-order valence-corrected chi connectivity index (χ1v) is 9.94. The van der Waals surface area contributed by atoms with E-state index in [-0.39, 0.29) is 5.91 Å². The Bertz CT molecular complexity index is 970. The second-order valence-corrected chi connectivity index (χ2v) is 7.67. The third kappa shape index (κ3) is 4.70. The van der Waals surface area contributed by atoms with Crippen molar-refractivity contribution in [2.45, 2.75) is 38.2 Å². The van der Waals surface area contributed by atoms with Crippen LogP contribution in [0.15, 0.2) is 47.6 Å². The first-order valence-electron chi connectivity index (χ1n) is 8.58. The third-order valence-electron chi connectivity index (χ3n) is 4.23. The van der Waals surface area contributed by atoms with Gasteiger partial charge in [0.15, 0.2) is 11.0 Å². The molecule has 0 spiro atoms. The molecule has 0 saturated carbocycles. The average molecular weight is 401 g/mol. The van der Waals surface area contributed by atoms with Crippen molar-refractivity contribution in [3.8, 4) is 5.69 Å². The van der Waals surface area contributed by atoms with Gasteiger partial charge in [-0.1, -0.05) is 53.7 Å². The Hall–Kier alpha value is -2.31. The van der Waals surface area contributed by atoms with Crippen LogP contribution in [0.5, 0.6) is 0 Å². The number of benzene rings is 2. The third-order valence-corrected chi connectivity index (χ3v) is 5.44. The molecule has 0 unspecified atom stereocenters. The molecule has 0 radical (unpaired) electrons. The molecule has 1 N–H and O–H groups in total. The van der Waals surface area contributed by atoms with Gasteiger partial charge in [-0.15, -0.1) is 10.2 Å². The van der Waals surface area contributed by atoms with E-state index in [4.69, 9.17) is 11.6 Å². The van der Waals surface area contributed by atoms with Gasteiger partial charge in [0, 0.05) is 17.7 Å². The minimum Gasteiger partial charge on any atom is -0.349 e. The normalized spacial score (nSPS) is 10.8. The van der Waals surface area contributed by atoms with Crippen LogP contribution >= 0.6 is 23.4 Å². The number of nitrogens with one attached hydrogen (secondary N) is 1. The van der Waals surface area contributed by atoms with Gasteiger partial charge in [-0.3, -0.25) is 9.36 Å². The van der Waals surface area contributed by atoms with Gasteiger partial charge in [0.05, 0.1) is 12.2 Å². The van der Waals surface area contributed by atoms with Crippen molar-refractivity contribution < 1.29 is 4.79 Å². The lowest BCUT2D eigenvalue weighted by molar-refractivity contribution is -0.119. The fraction of sp³-hybridized carbons (Fsp3) is 0.250. The summed E-state index contributed by atoms with van der Waals surface area (Å²) in [5.74, 6) is 1.34. The Morgan fingerprint density at radius 1 is 1.15 bits per heavy atom. The van der Waals surface area contributed by atoms with E-state index in [1.807, 2.05) is 41.8 Å².